The van der Waals surface area contributed by atoms with Gasteiger partial charge in [-0.15, -0.1) is 0 Å². The fraction of sp³-hybridized carbons (Fsp3) is 0.179. The van der Waals surface area contributed by atoms with Gasteiger partial charge in [-0.2, -0.15) is 0 Å². The van der Waals surface area contributed by atoms with E-state index in [9.17, 15) is 4.79 Å². The maximum absolute atomic E-state index is 12.7. The minimum absolute atomic E-state index is 0.214. The van der Waals surface area contributed by atoms with E-state index in [4.69, 9.17) is 13.9 Å². The van der Waals surface area contributed by atoms with E-state index in [0.29, 0.717) is 18.0 Å². The number of benzene rings is 3. The largest absolute Gasteiger partial charge is 0.496 e. The molecule has 5 heteroatoms. The highest BCUT2D eigenvalue weighted by Crippen LogP contribution is 2.37. The maximum atomic E-state index is 12.7. The van der Waals surface area contributed by atoms with Gasteiger partial charge in [-0.25, -0.2) is 0 Å². The van der Waals surface area contributed by atoms with Crippen LogP contribution < -0.4 is 14.8 Å². The average Bonchev–Trinajstić information content (AvgIpc) is 3.20. The van der Waals surface area contributed by atoms with Crippen molar-refractivity contribution < 1.29 is 18.7 Å². The summed E-state index contributed by atoms with van der Waals surface area (Å²) in [6.07, 6.45) is 3.32. The number of aryl methyl sites for hydroxylation is 2. The van der Waals surface area contributed by atoms with Gasteiger partial charge < -0.3 is 19.2 Å². The quantitative estimate of drug-likeness (QED) is 0.325. The predicted molar refractivity (Wildman–Crippen MR) is 132 cm³/mol. The Kier molecular flexibility index (Phi) is 6.50. The molecule has 0 unspecified atom stereocenters. The van der Waals surface area contributed by atoms with Crippen LogP contribution in [0, 0.1) is 13.8 Å². The van der Waals surface area contributed by atoms with Crippen LogP contribution in [0.15, 0.2) is 77.4 Å². The number of fused-ring (bicyclic) bond motifs is 1. The number of carbonyl (C=O) groups excluding carboxylic acids is 1. The zero-order chi connectivity index (χ0) is 23.4. The van der Waals surface area contributed by atoms with Crippen LogP contribution in [-0.2, 0) is 11.4 Å². The van der Waals surface area contributed by atoms with Crippen molar-refractivity contribution in [3.63, 3.8) is 0 Å². The molecule has 1 heterocycles. The molecular weight excluding hydrogens is 414 g/mol. The molecule has 0 atom stereocenters. The molecular formula is C28H27NO4. The lowest BCUT2D eigenvalue weighted by atomic mass is 9.98. The van der Waals surface area contributed by atoms with E-state index in [-0.39, 0.29) is 5.91 Å². The Morgan fingerprint density at radius 3 is 2.48 bits per heavy atom. The van der Waals surface area contributed by atoms with Gasteiger partial charge in [-0.05, 0) is 67.8 Å². The molecule has 4 aromatic rings. The first-order valence-electron chi connectivity index (χ1n) is 10.8. The van der Waals surface area contributed by atoms with Crippen molar-refractivity contribution in [3.05, 3.63) is 95.3 Å². The second-order valence-corrected chi connectivity index (χ2v) is 7.99. The van der Waals surface area contributed by atoms with Gasteiger partial charge in [0, 0.05) is 28.3 Å². The molecule has 0 spiro atoms. The highest BCUT2D eigenvalue weighted by atomic mass is 16.5. The third-order valence-electron chi connectivity index (χ3n) is 5.58. The van der Waals surface area contributed by atoms with Crippen molar-refractivity contribution in [2.45, 2.75) is 27.4 Å². The Labute approximate surface area is 193 Å². The Morgan fingerprint density at radius 2 is 1.79 bits per heavy atom. The second-order valence-electron chi connectivity index (χ2n) is 7.99. The summed E-state index contributed by atoms with van der Waals surface area (Å²) in [6, 6.07) is 19.3. The summed E-state index contributed by atoms with van der Waals surface area (Å²) in [7, 11) is 1.63. The number of furan rings is 1. The molecule has 0 fully saturated rings. The van der Waals surface area contributed by atoms with Gasteiger partial charge in [0.2, 0.25) is 5.91 Å². The van der Waals surface area contributed by atoms with Crippen LogP contribution in [0.1, 0.15) is 29.2 Å². The van der Waals surface area contributed by atoms with Crippen LogP contribution >= 0.6 is 0 Å². The third-order valence-corrected chi connectivity index (χ3v) is 5.58. The van der Waals surface area contributed by atoms with Gasteiger partial charge in [-0.1, -0.05) is 30.3 Å². The van der Waals surface area contributed by atoms with E-state index in [0.717, 1.165) is 44.5 Å². The van der Waals surface area contributed by atoms with Crippen LogP contribution in [0.2, 0.25) is 0 Å². The Balaban J connectivity index is 1.46. The number of ether oxygens (including phenoxy) is 2. The van der Waals surface area contributed by atoms with Gasteiger partial charge in [0.05, 0.1) is 13.4 Å². The van der Waals surface area contributed by atoms with E-state index >= 15 is 0 Å². The van der Waals surface area contributed by atoms with E-state index in [1.54, 1.807) is 19.4 Å². The highest BCUT2D eigenvalue weighted by molar-refractivity contribution is 6.05. The van der Waals surface area contributed by atoms with Crippen LogP contribution in [0.25, 0.3) is 16.5 Å². The summed E-state index contributed by atoms with van der Waals surface area (Å²) in [4.78, 5) is 12.7. The van der Waals surface area contributed by atoms with Gasteiger partial charge in [0.15, 0.2) is 0 Å². The van der Waals surface area contributed by atoms with Gasteiger partial charge in [-0.3, -0.25) is 4.79 Å². The molecule has 168 valence electrons. The zero-order valence-corrected chi connectivity index (χ0v) is 19.3. The van der Waals surface area contributed by atoms with Crippen molar-refractivity contribution >= 4 is 28.1 Å². The molecule has 3 aromatic carbocycles. The van der Waals surface area contributed by atoms with Gasteiger partial charge >= 0.3 is 0 Å². The molecule has 0 aliphatic carbocycles. The second kappa shape index (κ2) is 9.65. The molecule has 1 aromatic heterocycles. The van der Waals surface area contributed by atoms with E-state index in [2.05, 4.69) is 5.32 Å². The van der Waals surface area contributed by atoms with E-state index < -0.39 is 0 Å². The number of amides is 1. The molecule has 0 aliphatic heterocycles. The fourth-order valence-electron chi connectivity index (χ4n) is 3.82. The molecule has 0 bridgehead atoms. The van der Waals surface area contributed by atoms with Crippen molar-refractivity contribution in [3.8, 4) is 11.5 Å². The number of nitrogens with one attached hydrogen (secondary N) is 1. The Hall–Kier alpha value is -3.99. The minimum Gasteiger partial charge on any atom is -0.496 e. The van der Waals surface area contributed by atoms with Gasteiger partial charge in [0.25, 0.3) is 0 Å². The Morgan fingerprint density at radius 1 is 1.06 bits per heavy atom. The fourth-order valence-corrected chi connectivity index (χ4v) is 3.82. The molecule has 1 amide bonds. The normalized spacial score (nSPS) is 11.5. The van der Waals surface area contributed by atoms with Crippen LogP contribution in [0.4, 0.5) is 5.69 Å². The first-order valence-corrected chi connectivity index (χ1v) is 10.8. The predicted octanol–water partition coefficient (Wildman–Crippen LogP) is 6.68. The number of rotatable bonds is 7. The topological polar surface area (TPSA) is 60.7 Å². The standard InChI is InChI=1S/C28H27NO4/c1-18(24-15-25-19(2)16-33-28(25)20(3)27(24)31-4)14-26(30)29-22-10-12-23(13-11-22)32-17-21-8-6-5-7-9-21/h5-16H,17H2,1-4H3,(H,29,30)/b18-14+. The molecule has 0 aliphatic rings. The van der Waals surface area contributed by atoms with Crippen LogP contribution in [0.3, 0.4) is 0 Å². The van der Waals surface area contributed by atoms with Crippen molar-refractivity contribution in [1.82, 2.24) is 0 Å². The number of anilines is 1. The lowest BCUT2D eigenvalue weighted by Crippen LogP contribution is -2.08. The summed E-state index contributed by atoms with van der Waals surface area (Å²) in [5.41, 5.74) is 6.23. The van der Waals surface area contributed by atoms with Crippen LogP contribution in [-0.4, -0.2) is 13.0 Å². The molecule has 0 radical (unpaired) electrons. The SMILES string of the molecule is COc1c(/C(C)=C/C(=O)Nc2ccc(OCc3ccccc3)cc2)cc2c(C)coc2c1C. The first-order chi connectivity index (χ1) is 16.0. The smallest absolute Gasteiger partial charge is 0.248 e. The lowest BCUT2D eigenvalue weighted by Gasteiger charge is -2.13. The minimum atomic E-state index is -0.214. The maximum Gasteiger partial charge on any atom is 0.248 e. The van der Waals surface area contributed by atoms with Crippen molar-refractivity contribution in [2.75, 3.05) is 12.4 Å². The molecule has 0 saturated heterocycles. The molecule has 4 rings (SSSR count). The molecule has 1 N–H and O–H groups in total. The summed E-state index contributed by atoms with van der Waals surface area (Å²) >= 11 is 0. The van der Waals surface area contributed by atoms with E-state index in [1.165, 1.54) is 0 Å². The van der Waals surface area contributed by atoms with Crippen molar-refractivity contribution in [2.24, 2.45) is 0 Å². The summed E-state index contributed by atoms with van der Waals surface area (Å²) in [5, 5.41) is 3.93. The number of allylic oxidation sites excluding steroid dienone is 1. The number of hydrogen-bond acceptors (Lipinski definition) is 4. The molecule has 0 saturated carbocycles. The third kappa shape index (κ3) is 4.93. The summed E-state index contributed by atoms with van der Waals surface area (Å²) < 4.78 is 17.1. The van der Waals surface area contributed by atoms with Crippen LogP contribution in [0.5, 0.6) is 11.5 Å². The Bertz CT molecular complexity index is 1300. The number of methoxy groups -OCH3 is 1. The van der Waals surface area contributed by atoms with Gasteiger partial charge in [0.1, 0.15) is 23.7 Å². The number of hydrogen-bond donors (Lipinski definition) is 1. The molecule has 5 nitrogen and oxygen atoms in total. The highest BCUT2D eigenvalue weighted by Gasteiger charge is 2.16. The average molecular weight is 442 g/mol. The summed E-state index contributed by atoms with van der Waals surface area (Å²) in [5.74, 6) is 1.24. The first kappa shape index (κ1) is 22.2. The number of carbonyl (C=O) groups is 1. The summed E-state index contributed by atoms with van der Waals surface area (Å²) in [6.45, 7) is 6.36. The van der Waals surface area contributed by atoms with Crippen molar-refractivity contribution in [1.29, 1.82) is 0 Å². The molecule has 33 heavy (non-hydrogen) atoms. The van der Waals surface area contributed by atoms with E-state index in [1.807, 2.05) is 81.4 Å². The monoisotopic (exact) mass is 441 g/mol. The zero-order valence-electron chi connectivity index (χ0n) is 19.3. The lowest BCUT2D eigenvalue weighted by molar-refractivity contribution is -0.111.